The van der Waals surface area contributed by atoms with E-state index in [1.54, 1.807) is 12.1 Å². The Morgan fingerprint density at radius 2 is 1.85 bits per heavy atom. The molecule has 1 amide bonds. The van der Waals surface area contributed by atoms with Crippen LogP contribution in [0.15, 0.2) is 63.5 Å². The molecule has 2 aromatic carbocycles. The molecule has 3 rings (SSSR count). The number of nitrogens with one attached hydrogen (secondary N) is 2. The molecule has 0 bridgehead atoms. The monoisotopic (exact) mass is 540 g/mol. The molecule has 3 aromatic rings. The number of amides is 1. The van der Waals surface area contributed by atoms with E-state index in [4.69, 9.17) is 16.6 Å². The molecule has 0 saturated carbocycles. The molecular formula is C19H14BrIN2O2S. The molecule has 132 valence electrons. The van der Waals surface area contributed by atoms with E-state index < -0.39 is 5.91 Å². The van der Waals surface area contributed by atoms with Gasteiger partial charge in [0.1, 0.15) is 5.76 Å². The predicted octanol–water partition coefficient (Wildman–Crippen LogP) is 5.75. The van der Waals surface area contributed by atoms with E-state index in [-0.39, 0.29) is 10.9 Å². The molecule has 0 fully saturated rings. The Kier molecular flexibility index (Phi) is 6.10. The first-order valence-corrected chi connectivity index (χ1v) is 9.94. The number of anilines is 1. The topological polar surface area (TPSA) is 54.3 Å². The third-order valence-corrected chi connectivity index (χ3v) is 5.03. The Morgan fingerprint density at radius 3 is 2.54 bits per heavy atom. The fraction of sp³-hybridized carbons (Fsp3) is 0.0526. The normalized spacial score (nSPS) is 10.4. The van der Waals surface area contributed by atoms with E-state index in [0.717, 1.165) is 24.9 Å². The van der Waals surface area contributed by atoms with Gasteiger partial charge in [0.25, 0.3) is 5.91 Å². The lowest BCUT2D eigenvalue weighted by Gasteiger charge is -2.11. The Bertz CT molecular complexity index is 970. The maximum absolute atomic E-state index is 12.3. The van der Waals surface area contributed by atoms with Crippen molar-refractivity contribution in [2.24, 2.45) is 0 Å². The first kappa shape index (κ1) is 19.1. The molecule has 0 spiro atoms. The summed E-state index contributed by atoms with van der Waals surface area (Å²) in [4.78, 5) is 12.3. The highest BCUT2D eigenvalue weighted by molar-refractivity contribution is 14.1. The zero-order valence-electron chi connectivity index (χ0n) is 13.7. The van der Waals surface area contributed by atoms with Gasteiger partial charge < -0.3 is 9.73 Å². The van der Waals surface area contributed by atoms with Crippen LogP contribution in [-0.2, 0) is 0 Å². The highest BCUT2D eigenvalue weighted by Gasteiger charge is 2.14. The average molecular weight is 541 g/mol. The smallest absolute Gasteiger partial charge is 0.293 e. The first-order valence-electron chi connectivity index (χ1n) is 7.66. The first-order chi connectivity index (χ1) is 12.4. The van der Waals surface area contributed by atoms with Crippen LogP contribution in [0.2, 0.25) is 0 Å². The van der Waals surface area contributed by atoms with Crippen LogP contribution in [0.1, 0.15) is 16.1 Å². The highest BCUT2D eigenvalue weighted by Crippen LogP contribution is 2.24. The van der Waals surface area contributed by atoms with E-state index in [1.165, 1.54) is 0 Å². The Labute approximate surface area is 178 Å². The van der Waals surface area contributed by atoms with Crippen LogP contribution >= 0.6 is 50.7 Å². The number of hydrogen-bond acceptors (Lipinski definition) is 3. The SMILES string of the molecule is Cc1cc(I)ccc1NC(=S)NC(=O)c1ccc(-c2ccc(Br)cc2)o1. The number of benzene rings is 2. The Balaban J connectivity index is 1.66. The number of thiocarbonyl (C=S) groups is 1. The quantitative estimate of drug-likeness (QED) is 0.328. The standard InChI is InChI=1S/C19H14BrIN2O2S/c1-11-10-14(21)6-7-15(11)22-19(26)23-18(24)17-9-8-16(25-17)12-2-4-13(20)5-3-12/h2-10H,1H3,(H2,22,23,24,26). The summed E-state index contributed by atoms with van der Waals surface area (Å²) in [6, 6.07) is 17.0. The van der Waals surface area contributed by atoms with Crippen molar-refractivity contribution < 1.29 is 9.21 Å². The molecule has 0 unspecified atom stereocenters. The summed E-state index contributed by atoms with van der Waals surface area (Å²) in [5.41, 5.74) is 2.79. The summed E-state index contributed by atoms with van der Waals surface area (Å²) >= 11 is 10.9. The van der Waals surface area contributed by atoms with Crippen molar-refractivity contribution in [1.29, 1.82) is 0 Å². The molecule has 1 aromatic heterocycles. The van der Waals surface area contributed by atoms with Crippen LogP contribution < -0.4 is 10.6 Å². The maximum atomic E-state index is 12.3. The zero-order valence-corrected chi connectivity index (χ0v) is 18.2. The fourth-order valence-electron chi connectivity index (χ4n) is 2.31. The van der Waals surface area contributed by atoms with Gasteiger partial charge in [-0.3, -0.25) is 10.1 Å². The number of carbonyl (C=O) groups excluding carboxylic acids is 1. The fourth-order valence-corrected chi connectivity index (χ4v) is 3.43. The van der Waals surface area contributed by atoms with E-state index in [2.05, 4.69) is 49.2 Å². The lowest BCUT2D eigenvalue weighted by Crippen LogP contribution is -2.34. The van der Waals surface area contributed by atoms with E-state index in [0.29, 0.717) is 5.76 Å². The molecule has 26 heavy (non-hydrogen) atoms. The molecule has 1 heterocycles. The van der Waals surface area contributed by atoms with Crippen LogP contribution in [0.25, 0.3) is 11.3 Å². The molecule has 0 saturated heterocycles. The number of furan rings is 1. The van der Waals surface area contributed by atoms with Gasteiger partial charge >= 0.3 is 0 Å². The largest absolute Gasteiger partial charge is 0.451 e. The van der Waals surface area contributed by atoms with Gasteiger partial charge in [-0.1, -0.05) is 28.1 Å². The predicted molar refractivity (Wildman–Crippen MR) is 119 cm³/mol. The maximum Gasteiger partial charge on any atom is 0.293 e. The lowest BCUT2D eigenvalue weighted by atomic mass is 10.2. The summed E-state index contributed by atoms with van der Waals surface area (Å²) in [5.74, 6) is 0.426. The summed E-state index contributed by atoms with van der Waals surface area (Å²) in [6.45, 7) is 1.98. The van der Waals surface area contributed by atoms with Crippen LogP contribution in [0, 0.1) is 10.5 Å². The molecule has 0 aliphatic heterocycles. The van der Waals surface area contributed by atoms with E-state index in [1.807, 2.05) is 49.4 Å². The van der Waals surface area contributed by atoms with Gasteiger partial charge in [-0.05, 0) is 89.8 Å². The summed E-state index contributed by atoms with van der Waals surface area (Å²) in [7, 11) is 0. The number of carbonyl (C=O) groups is 1. The van der Waals surface area contributed by atoms with Crippen molar-refractivity contribution in [1.82, 2.24) is 5.32 Å². The van der Waals surface area contributed by atoms with Crippen molar-refractivity contribution in [2.75, 3.05) is 5.32 Å². The number of rotatable bonds is 3. The van der Waals surface area contributed by atoms with Gasteiger partial charge in [-0.25, -0.2) is 0 Å². The van der Waals surface area contributed by atoms with Crippen molar-refractivity contribution in [3.63, 3.8) is 0 Å². The van der Waals surface area contributed by atoms with Gasteiger partial charge in [-0.2, -0.15) is 0 Å². The third-order valence-electron chi connectivity index (χ3n) is 3.62. The molecule has 4 nitrogen and oxygen atoms in total. The molecule has 0 radical (unpaired) electrons. The average Bonchev–Trinajstić information content (AvgIpc) is 3.08. The van der Waals surface area contributed by atoms with Crippen LogP contribution in [0.5, 0.6) is 0 Å². The van der Waals surface area contributed by atoms with Gasteiger partial charge in [-0.15, -0.1) is 0 Å². The zero-order chi connectivity index (χ0) is 18.7. The van der Waals surface area contributed by atoms with E-state index in [9.17, 15) is 4.79 Å². The van der Waals surface area contributed by atoms with Gasteiger partial charge in [0.15, 0.2) is 10.9 Å². The number of halogens is 2. The molecule has 0 aliphatic carbocycles. The molecule has 7 heteroatoms. The second kappa shape index (κ2) is 8.32. The molecule has 0 atom stereocenters. The van der Waals surface area contributed by atoms with E-state index >= 15 is 0 Å². The minimum atomic E-state index is -0.394. The van der Waals surface area contributed by atoms with Gasteiger partial charge in [0, 0.05) is 19.3 Å². The molecule has 0 aliphatic rings. The van der Waals surface area contributed by atoms with Crippen LogP contribution in [0.3, 0.4) is 0 Å². The van der Waals surface area contributed by atoms with Crippen molar-refractivity contribution >= 4 is 67.4 Å². The lowest BCUT2D eigenvalue weighted by molar-refractivity contribution is 0.0951. The van der Waals surface area contributed by atoms with Gasteiger partial charge in [0.05, 0.1) is 0 Å². The summed E-state index contributed by atoms with van der Waals surface area (Å²) in [6.07, 6.45) is 0. The van der Waals surface area contributed by atoms with Crippen molar-refractivity contribution in [2.45, 2.75) is 6.92 Å². The minimum absolute atomic E-state index is 0.200. The molecular weight excluding hydrogens is 527 g/mol. The van der Waals surface area contributed by atoms with Crippen LogP contribution in [-0.4, -0.2) is 11.0 Å². The summed E-state index contributed by atoms with van der Waals surface area (Å²) in [5, 5.41) is 5.89. The summed E-state index contributed by atoms with van der Waals surface area (Å²) < 4.78 is 7.76. The van der Waals surface area contributed by atoms with Crippen LogP contribution in [0.4, 0.5) is 5.69 Å². The molecule has 2 N–H and O–H groups in total. The van der Waals surface area contributed by atoms with Gasteiger partial charge in [0.2, 0.25) is 0 Å². The number of hydrogen-bond donors (Lipinski definition) is 2. The number of aryl methyl sites for hydroxylation is 1. The Hall–Kier alpha value is -1.71. The van der Waals surface area contributed by atoms with Crippen molar-refractivity contribution in [3.8, 4) is 11.3 Å². The highest BCUT2D eigenvalue weighted by atomic mass is 127. The van der Waals surface area contributed by atoms with Crippen molar-refractivity contribution in [3.05, 3.63) is 74.0 Å². The third kappa shape index (κ3) is 4.72. The minimum Gasteiger partial charge on any atom is -0.451 e. The Morgan fingerprint density at radius 1 is 1.12 bits per heavy atom. The second-order valence-electron chi connectivity index (χ2n) is 5.54. The second-order valence-corrected chi connectivity index (χ2v) is 8.11.